The molecule has 2 saturated heterocycles. The summed E-state index contributed by atoms with van der Waals surface area (Å²) >= 11 is 0. The first-order valence-corrected chi connectivity index (χ1v) is 11.5. The van der Waals surface area contributed by atoms with E-state index in [0.29, 0.717) is 11.8 Å². The molecule has 35 heavy (non-hydrogen) atoms. The first kappa shape index (κ1) is 26.4. The van der Waals surface area contributed by atoms with E-state index in [9.17, 15) is 35.1 Å². The molecule has 2 aliphatic heterocycles. The molecule has 13 heteroatoms. The molecule has 2 aliphatic carbocycles. The maximum Gasteiger partial charge on any atom is 0.338 e. The van der Waals surface area contributed by atoms with Crippen LogP contribution in [-0.2, 0) is 38.0 Å². The zero-order chi connectivity index (χ0) is 25.4. The predicted molar refractivity (Wildman–Crippen MR) is 111 cm³/mol. The molecular weight excluding hydrogens is 472 g/mol. The average molecular weight is 504 g/mol. The number of hydrogen-bond acceptors (Lipinski definition) is 12. The summed E-state index contributed by atoms with van der Waals surface area (Å²) in [5.41, 5.74) is 0. The highest BCUT2D eigenvalue weighted by atomic mass is 16.7. The van der Waals surface area contributed by atoms with Gasteiger partial charge in [-0.15, -0.1) is 0 Å². The van der Waals surface area contributed by atoms with Crippen LogP contribution in [0.25, 0.3) is 0 Å². The van der Waals surface area contributed by atoms with Crippen molar-refractivity contribution in [1.82, 2.24) is 0 Å². The second-order valence-electron chi connectivity index (χ2n) is 9.36. The molecule has 4 aliphatic rings. The summed E-state index contributed by atoms with van der Waals surface area (Å²) in [6, 6.07) is 0. The monoisotopic (exact) mass is 504 g/mol. The van der Waals surface area contributed by atoms with Crippen LogP contribution in [-0.4, -0.2) is 120 Å². The van der Waals surface area contributed by atoms with Crippen LogP contribution in [0, 0.1) is 17.8 Å². The topological polar surface area (TPSA) is 191 Å². The van der Waals surface area contributed by atoms with Crippen molar-refractivity contribution in [2.24, 2.45) is 17.8 Å². The molecule has 0 radical (unpaired) electrons. The third-order valence-electron chi connectivity index (χ3n) is 7.21. The molecule has 13 unspecified atom stereocenters. The molecule has 2 heterocycles. The summed E-state index contributed by atoms with van der Waals surface area (Å²) in [5.74, 6) is -1.50. The van der Waals surface area contributed by atoms with Crippen molar-refractivity contribution in [3.8, 4) is 0 Å². The van der Waals surface area contributed by atoms with Crippen molar-refractivity contribution in [3.63, 3.8) is 0 Å². The van der Waals surface area contributed by atoms with E-state index in [-0.39, 0.29) is 12.5 Å². The Bertz CT molecular complexity index is 804. The van der Waals surface area contributed by atoms with E-state index < -0.39 is 73.4 Å². The van der Waals surface area contributed by atoms with Crippen molar-refractivity contribution in [1.29, 1.82) is 0 Å². The van der Waals surface area contributed by atoms with Crippen LogP contribution >= 0.6 is 0 Å². The van der Waals surface area contributed by atoms with Crippen molar-refractivity contribution < 1.29 is 63.5 Å². The van der Waals surface area contributed by atoms with Gasteiger partial charge in [-0.1, -0.05) is 12.2 Å². The van der Waals surface area contributed by atoms with Gasteiger partial charge in [0, 0.05) is 14.2 Å². The maximum atomic E-state index is 13.0. The molecule has 0 aromatic heterocycles. The number of hydrogen-bond donors (Lipinski definition) is 5. The Morgan fingerprint density at radius 3 is 2.14 bits per heavy atom. The van der Waals surface area contributed by atoms with E-state index in [1.165, 1.54) is 7.11 Å². The quantitative estimate of drug-likeness (QED) is 0.176. The Balaban J connectivity index is 1.49. The van der Waals surface area contributed by atoms with Crippen LogP contribution in [0.15, 0.2) is 12.2 Å². The Morgan fingerprint density at radius 1 is 0.857 bits per heavy atom. The van der Waals surface area contributed by atoms with Crippen molar-refractivity contribution >= 4 is 11.9 Å². The number of carboxylic acids is 1. The van der Waals surface area contributed by atoms with Crippen molar-refractivity contribution in [2.45, 2.75) is 74.3 Å². The van der Waals surface area contributed by atoms with Crippen LogP contribution in [0.4, 0.5) is 0 Å². The number of aliphatic hydroxyl groups excluding tert-OH is 4. The second-order valence-corrected chi connectivity index (χ2v) is 9.36. The minimum atomic E-state index is -1.83. The zero-order valence-electron chi connectivity index (χ0n) is 19.3. The van der Waals surface area contributed by atoms with E-state index >= 15 is 0 Å². The third kappa shape index (κ3) is 5.10. The highest BCUT2D eigenvalue weighted by Crippen LogP contribution is 2.43. The Labute approximate surface area is 201 Å². The lowest BCUT2D eigenvalue weighted by Crippen LogP contribution is -2.66. The molecule has 0 aromatic carbocycles. The predicted octanol–water partition coefficient (Wildman–Crippen LogP) is -2.23. The third-order valence-corrected chi connectivity index (χ3v) is 7.21. The van der Waals surface area contributed by atoms with E-state index in [0.717, 1.165) is 20.0 Å². The van der Waals surface area contributed by atoms with Crippen molar-refractivity contribution in [3.05, 3.63) is 12.2 Å². The molecule has 0 amide bonds. The lowest BCUT2D eigenvalue weighted by molar-refractivity contribution is -0.350. The van der Waals surface area contributed by atoms with Gasteiger partial charge in [0.05, 0.1) is 6.61 Å². The smallest absolute Gasteiger partial charge is 0.338 e. The van der Waals surface area contributed by atoms with Gasteiger partial charge < -0.3 is 54.0 Å². The number of fused-ring (bicyclic) bond motifs is 2. The summed E-state index contributed by atoms with van der Waals surface area (Å²) < 4.78 is 31.8. The van der Waals surface area contributed by atoms with Gasteiger partial charge in [-0.2, -0.15) is 0 Å². The molecule has 13 nitrogen and oxygen atoms in total. The second kappa shape index (κ2) is 10.7. The summed E-state index contributed by atoms with van der Waals surface area (Å²) in [7, 11) is 2.36. The van der Waals surface area contributed by atoms with Gasteiger partial charge in [0.25, 0.3) is 0 Å². The van der Waals surface area contributed by atoms with Gasteiger partial charge >= 0.3 is 11.9 Å². The normalized spacial score (nSPS) is 47.1. The Morgan fingerprint density at radius 2 is 1.57 bits per heavy atom. The van der Waals surface area contributed by atoms with Crippen LogP contribution in [0.2, 0.25) is 0 Å². The first-order chi connectivity index (χ1) is 16.7. The number of methoxy groups -OCH3 is 2. The standard InChI is InChI=1S/C22H32O13/c1-30-15-13(25)17(19(27)28)34-22(14(15)26)33-16-11(23)12(24)21(31-2)35-18(16)20(29)32-7-10-6-8-3-4-9(10)5-8/h3-4,8-18,21-26H,5-7H2,1-2H3,(H,27,28). The minimum Gasteiger partial charge on any atom is -0.479 e. The number of rotatable bonds is 8. The molecule has 5 N–H and O–H groups in total. The molecular formula is C22H32O13. The van der Waals surface area contributed by atoms with Gasteiger partial charge in [-0.05, 0) is 30.6 Å². The molecule has 4 rings (SSSR count). The number of esters is 1. The highest BCUT2D eigenvalue weighted by molar-refractivity contribution is 5.76. The summed E-state index contributed by atoms with van der Waals surface area (Å²) in [5, 5.41) is 51.1. The lowest BCUT2D eigenvalue weighted by Gasteiger charge is -2.45. The Kier molecular flexibility index (Phi) is 8.10. The number of carbonyl (C=O) groups excluding carboxylic acids is 1. The molecule has 13 atom stereocenters. The fourth-order valence-electron chi connectivity index (χ4n) is 5.32. The van der Waals surface area contributed by atoms with Crippen molar-refractivity contribution in [2.75, 3.05) is 20.8 Å². The van der Waals surface area contributed by atoms with Crippen LogP contribution in [0.5, 0.6) is 0 Å². The number of aliphatic carboxylic acids is 1. The van der Waals surface area contributed by atoms with E-state index in [1.54, 1.807) is 0 Å². The number of allylic oxidation sites excluding steroid dienone is 2. The SMILES string of the molecule is COC1OC(C(=O)OCC2CC3C=CC2C3)C(OC2OC(C(=O)O)C(O)C(OC)C2O)C(O)C1O. The summed E-state index contributed by atoms with van der Waals surface area (Å²) in [6.45, 7) is 0.120. The minimum absolute atomic E-state index is 0.120. The Hall–Kier alpha value is -1.68. The molecule has 1 saturated carbocycles. The molecule has 0 aromatic rings. The lowest BCUT2D eigenvalue weighted by atomic mass is 9.94. The fraction of sp³-hybridized carbons (Fsp3) is 0.818. The van der Waals surface area contributed by atoms with Gasteiger partial charge in [0.1, 0.15) is 36.6 Å². The van der Waals surface area contributed by atoms with Gasteiger partial charge in [0.15, 0.2) is 24.8 Å². The van der Waals surface area contributed by atoms with Gasteiger partial charge in [-0.25, -0.2) is 9.59 Å². The number of aliphatic hydroxyl groups is 4. The highest BCUT2D eigenvalue weighted by Gasteiger charge is 2.54. The first-order valence-electron chi connectivity index (χ1n) is 11.5. The van der Waals surface area contributed by atoms with Gasteiger partial charge in [0.2, 0.25) is 0 Å². The number of carboxylic acid groups (broad SMARTS) is 1. The summed E-state index contributed by atoms with van der Waals surface area (Å²) in [6.07, 6.45) is -10.3. The van der Waals surface area contributed by atoms with E-state index in [4.69, 9.17) is 28.4 Å². The van der Waals surface area contributed by atoms with E-state index in [2.05, 4.69) is 12.2 Å². The average Bonchev–Trinajstić information content (AvgIpc) is 3.46. The fourth-order valence-corrected chi connectivity index (χ4v) is 5.32. The van der Waals surface area contributed by atoms with Gasteiger partial charge in [-0.3, -0.25) is 0 Å². The van der Waals surface area contributed by atoms with Crippen LogP contribution < -0.4 is 0 Å². The largest absolute Gasteiger partial charge is 0.479 e. The van der Waals surface area contributed by atoms with Crippen LogP contribution in [0.1, 0.15) is 12.8 Å². The van der Waals surface area contributed by atoms with Crippen LogP contribution in [0.3, 0.4) is 0 Å². The summed E-state index contributed by atoms with van der Waals surface area (Å²) in [4.78, 5) is 24.5. The molecule has 198 valence electrons. The maximum absolute atomic E-state index is 13.0. The zero-order valence-corrected chi connectivity index (χ0v) is 19.3. The molecule has 2 bridgehead atoms. The number of carbonyl (C=O) groups is 2. The molecule has 0 spiro atoms. The number of ether oxygens (including phenoxy) is 6. The van der Waals surface area contributed by atoms with E-state index in [1.807, 2.05) is 0 Å². The molecule has 3 fully saturated rings.